The maximum absolute atomic E-state index is 12.3. The first-order chi connectivity index (χ1) is 22.5. The van der Waals surface area contributed by atoms with E-state index in [1.165, 1.54) is 39.0 Å². The minimum atomic E-state index is -0.0215. The van der Waals surface area contributed by atoms with Crippen LogP contribution in [-0.2, 0) is 30.3 Å². The van der Waals surface area contributed by atoms with E-state index in [4.69, 9.17) is 14.2 Å². The van der Waals surface area contributed by atoms with Crippen molar-refractivity contribution in [2.75, 3.05) is 64.7 Å². The van der Waals surface area contributed by atoms with Crippen LogP contribution in [-0.4, -0.2) is 71.6 Å². The van der Waals surface area contributed by atoms with E-state index >= 15 is 0 Å². The Balaban J connectivity index is 1.04. The van der Waals surface area contributed by atoms with Crippen LogP contribution in [0.3, 0.4) is 0 Å². The highest BCUT2D eigenvalue weighted by atomic mass is 32.2. The molecule has 2 aromatic carbocycles. The summed E-state index contributed by atoms with van der Waals surface area (Å²) >= 11 is 1.81. The van der Waals surface area contributed by atoms with Crippen LogP contribution < -0.4 is 20.1 Å². The van der Waals surface area contributed by atoms with Crippen molar-refractivity contribution < 1.29 is 28.4 Å². The molecule has 46 heavy (non-hydrogen) atoms. The molecule has 0 bridgehead atoms. The number of aromatic nitrogens is 1. The summed E-state index contributed by atoms with van der Waals surface area (Å²) < 4.78 is 18.8. The molecule has 0 saturated carbocycles. The number of para-hydroxylation sites is 2. The van der Waals surface area contributed by atoms with Crippen LogP contribution in [0.4, 0.5) is 5.69 Å². The molecule has 3 aromatic rings. The number of nitrogens with one attached hydrogen (secondary N) is 2. The molecule has 4 rings (SSSR count). The first-order valence-electron chi connectivity index (χ1n) is 16.4. The highest BCUT2D eigenvalue weighted by Gasteiger charge is 2.22. The first kappa shape index (κ1) is 35.4. The lowest BCUT2D eigenvalue weighted by Gasteiger charge is -2.13. The molecular weight excluding hydrogens is 600 g/mol. The van der Waals surface area contributed by atoms with E-state index in [-0.39, 0.29) is 11.8 Å². The number of thioether (sulfide) groups is 1. The van der Waals surface area contributed by atoms with Crippen molar-refractivity contribution in [2.24, 2.45) is 0 Å². The first-order valence-corrected chi connectivity index (χ1v) is 17.2. The number of benzene rings is 2. The molecule has 2 amide bonds. The summed E-state index contributed by atoms with van der Waals surface area (Å²) in [5, 5.41) is 8.21. The van der Waals surface area contributed by atoms with E-state index in [1.807, 2.05) is 11.8 Å². The van der Waals surface area contributed by atoms with E-state index in [9.17, 15) is 9.59 Å². The zero-order valence-corrected chi connectivity index (χ0v) is 28.1. The molecule has 1 aliphatic heterocycles. The summed E-state index contributed by atoms with van der Waals surface area (Å²) in [4.78, 5) is 26.6. The van der Waals surface area contributed by atoms with Gasteiger partial charge in [0.15, 0.2) is 6.20 Å². The van der Waals surface area contributed by atoms with Crippen molar-refractivity contribution in [3.63, 3.8) is 0 Å². The number of aryl methyl sites for hydroxylation is 1. The quantitative estimate of drug-likeness (QED) is 0.119. The number of hydrogen-bond acceptors (Lipinski definition) is 7. The molecule has 0 unspecified atom stereocenters. The molecule has 0 radical (unpaired) electrons. The number of carbonyl (C=O) groups excluding carboxylic acids is 2. The van der Waals surface area contributed by atoms with Gasteiger partial charge in [-0.15, -0.1) is 0 Å². The predicted octanol–water partition coefficient (Wildman–Crippen LogP) is 5.31. The number of rotatable bonds is 21. The van der Waals surface area contributed by atoms with Gasteiger partial charge in [0.2, 0.25) is 17.3 Å². The number of anilines is 1. The van der Waals surface area contributed by atoms with E-state index in [1.54, 1.807) is 0 Å². The Morgan fingerprint density at radius 2 is 1.48 bits per heavy atom. The number of carbonyl (C=O) groups is 2. The molecule has 2 heterocycles. The summed E-state index contributed by atoms with van der Waals surface area (Å²) in [5.41, 5.74) is 3.70. The van der Waals surface area contributed by atoms with Gasteiger partial charge in [0.25, 0.3) is 0 Å². The average Bonchev–Trinajstić information content (AvgIpc) is 3.38. The third-order valence-electron chi connectivity index (χ3n) is 7.68. The fourth-order valence-corrected chi connectivity index (χ4v) is 6.33. The van der Waals surface area contributed by atoms with Gasteiger partial charge in [0, 0.05) is 70.1 Å². The maximum Gasteiger partial charge on any atom is 0.219 e. The van der Waals surface area contributed by atoms with Gasteiger partial charge in [0.05, 0.1) is 42.5 Å². The van der Waals surface area contributed by atoms with E-state index in [0.29, 0.717) is 59.2 Å². The minimum absolute atomic E-state index is 0.0215. The molecule has 0 fully saturated rings. The highest BCUT2D eigenvalue weighted by Crippen LogP contribution is 2.45. The molecule has 10 heteroatoms. The van der Waals surface area contributed by atoms with E-state index < -0.39 is 0 Å². The maximum atomic E-state index is 12.3. The molecule has 248 valence electrons. The Labute approximate surface area is 277 Å². The number of pyridine rings is 1. The van der Waals surface area contributed by atoms with Crippen molar-refractivity contribution >= 4 is 46.2 Å². The summed E-state index contributed by atoms with van der Waals surface area (Å²) in [6.45, 7) is 6.96. The monoisotopic (exact) mass is 649 g/mol. The Hall–Kier alpha value is -3.44. The molecule has 0 atom stereocenters. The SMILES string of the molecule is CC(=O)NCCCOCCOCCOCCCNC(=O)CCCCC[n+]1ccc(C=C2Sc3ccccc3N2C)c2ccccc21. The largest absolute Gasteiger partial charge is 0.379 e. The zero-order valence-electron chi connectivity index (χ0n) is 27.3. The summed E-state index contributed by atoms with van der Waals surface area (Å²) in [6, 6.07) is 19.3. The predicted molar refractivity (Wildman–Crippen MR) is 185 cm³/mol. The van der Waals surface area contributed by atoms with Gasteiger partial charge >= 0.3 is 0 Å². The molecule has 1 aliphatic rings. The topological polar surface area (TPSA) is 93.0 Å². The molecule has 2 N–H and O–H groups in total. The fraction of sp³-hybridized carbons (Fsp3) is 0.472. The van der Waals surface area contributed by atoms with Crippen molar-refractivity contribution in [1.82, 2.24) is 10.6 Å². The Morgan fingerprint density at radius 3 is 2.22 bits per heavy atom. The number of unbranched alkanes of at least 4 members (excludes halogenated alkanes) is 2. The number of amides is 2. The third kappa shape index (κ3) is 11.7. The second kappa shape index (κ2) is 19.9. The van der Waals surface area contributed by atoms with Gasteiger partial charge in [-0.1, -0.05) is 36.0 Å². The minimum Gasteiger partial charge on any atom is -0.379 e. The normalized spacial score (nSPS) is 13.3. The fourth-order valence-electron chi connectivity index (χ4n) is 5.22. The van der Waals surface area contributed by atoms with Crippen molar-refractivity contribution in [3.05, 3.63) is 71.4 Å². The lowest BCUT2D eigenvalue weighted by molar-refractivity contribution is -0.671. The van der Waals surface area contributed by atoms with Crippen molar-refractivity contribution in [3.8, 4) is 0 Å². The van der Waals surface area contributed by atoms with Gasteiger partial charge in [-0.2, -0.15) is 4.57 Å². The van der Waals surface area contributed by atoms with Crippen LogP contribution in [0.25, 0.3) is 17.0 Å². The Bertz CT molecular complexity index is 1430. The van der Waals surface area contributed by atoms with E-state index in [0.717, 1.165) is 38.6 Å². The van der Waals surface area contributed by atoms with Crippen LogP contribution in [0.15, 0.2) is 70.7 Å². The number of nitrogens with zero attached hydrogens (tertiary/aromatic N) is 2. The lowest BCUT2D eigenvalue weighted by Crippen LogP contribution is -2.34. The van der Waals surface area contributed by atoms with Gasteiger partial charge in [0.1, 0.15) is 6.54 Å². The van der Waals surface area contributed by atoms with Gasteiger partial charge in [-0.05, 0) is 55.5 Å². The van der Waals surface area contributed by atoms with Crippen LogP contribution in [0.2, 0.25) is 0 Å². The third-order valence-corrected chi connectivity index (χ3v) is 8.85. The second-order valence-electron chi connectivity index (χ2n) is 11.3. The van der Waals surface area contributed by atoms with Gasteiger partial charge < -0.3 is 29.7 Å². The van der Waals surface area contributed by atoms with Crippen LogP contribution in [0.1, 0.15) is 51.0 Å². The summed E-state index contributed by atoms with van der Waals surface area (Å²) in [6.07, 6.45) is 9.51. The molecule has 9 nitrogen and oxygen atoms in total. The molecule has 0 saturated heterocycles. The average molecular weight is 650 g/mol. The lowest BCUT2D eigenvalue weighted by atomic mass is 10.1. The van der Waals surface area contributed by atoms with Crippen molar-refractivity contribution in [2.45, 2.75) is 56.9 Å². The molecule has 1 aromatic heterocycles. The highest BCUT2D eigenvalue weighted by molar-refractivity contribution is 8.03. The van der Waals surface area contributed by atoms with Crippen molar-refractivity contribution in [1.29, 1.82) is 0 Å². The molecule has 0 spiro atoms. The smallest absolute Gasteiger partial charge is 0.219 e. The zero-order chi connectivity index (χ0) is 32.4. The summed E-state index contributed by atoms with van der Waals surface area (Å²) in [5.74, 6) is 0.0830. The second-order valence-corrected chi connectivity index (χ2v) is 12.3. The van der Waals surface area contributed by atoms with Crippen LogP contribution >= 0.6 is 11.8 Å². The standard InChI is InChI=1S/C36H48N4O5S/c1-29(41)37-18-10-22-43-24-26-45-27-25-44-23-11-19-38-35(42)16-4-3-9-20-40-21-17-30(31-12-5-6-13-32(31)40)28-36-39(2)33-14-7-8-15-34(33)46-36/h5-8,12-15,17,21,28H,3-4,9-11,16,18-20,22-27H2,1-2H3,(H-,37,38,41,42)/p+1. The molecule has 0 aliphatic carbocycles. The Morgan fingerprint density at radius 1 is 0.804 bits per heavy atom. The van der Waals surface area contributed by atoms with Crippen LogP contribution in [0, 0.1) is 0 Å². The van der Waals surface area contributed by atoms with Gasteiger partial charge in [-0.25, -0.2) is 0 Å². The van der Waals surface area contributed by atoms with E-state index in [2.05, 4.69) is 94.0 Å². The van der Waals surface area contributed by atoms with Crippen LogP contribution in [0.5, 0.6) is 0 Å². The Kier molecular flexibility index (Phi) is 15.3. The number of ether oxygens (including phenoxy) is 3. The summed E-state index contributed by atoms with van der Waals surface area (Å²) in [7, 11) is 2.13. The number of fused-ring (bicyclic) bond motifs is 2. The van der Waals surface area contributed by atoms with Gasteiger partial charge in [-0.3, -0.25) is 9.59 Å². The number of hydrogen-bond donors (Lipinski definition) is 2. The molecular formula is C36H49N4O5S+.